The van der Waals surface area contributed by atoms with E-state index in [9.17, 15) is 4.79 Å². The lowest BCUT2D eigenvalue weighted by Gasteiger charge is -2.13. The standard InChI is InChI=1S/C41H24O2/c42-41-37-23-27(35-21-25-9-1-3-11-29(25)31-13-5-7-15-33(31)35)17-19-39(37)43-40-20-18-28(24-38(40)41)36-22-26-10-2-4-12-30(26)32-14-6-8-16-34(32)36/h1-24H. The molecule has 0 spiro atoms. The van der Waals surface area contributed by atoms with Crippen molar-refractivity contribution in [2.24, 2.45) is 0 Å². The molecule has 0 bridgehead atoms. The van der Waals surface area contributed by atoms with Crippen LogP contribution in [-0.4, -0.2) is 0 Å². The highest BCUT2D eigenvalue weighted by atomic mass is 16.3. The molecule has 0 radical (unpaired) electrons. The third-order valence-corrected chi connectivity index (χ3v) is 8.83. The summed E-state index contributed by atoms with van der Waals surface area (Å²) in [5.74, 6) is 0. The number of hydrogen-bond acceptors (Lipinski definition) is 2. The molecule has 0 unspecified atom stereocenters. The van der Waals surface area contributed by atoms with Crippen LogP contribution in [-0.2, 0) is 0 Å². The molecule has 1 heterocycles. The second-order valence-corrected chi connectivity index (χ2v) is 11.2. The van der Waals surface area contributed by atoms with Crippen LogP contribution in [0.25, 0.3) is 87.3 Å². The second-order valence-electron chi connectivity index (χ2n) is 11.2. The van der Waals surface area contributed by atoms with Crippen molar-refractivity contribution in [3.8, 4) is 22.3 Å². The molecule has 0 atom stereocenters. The van der Waals surface area contributed by atoms with Crippen molar-refractivity contribution in [2.45, 2.75) is 0 Å². The molecule has 200 valence electrons. The molecule has 2 nitrogen and oxygen atoms in total. The Hall–Kier alpha value is -5.73. The monoisotopic (exact) mass is 548 g/mol. The van der Waals surface area contributed by atoms with Crippen LogP contribution in [0.5, 0.6) is 0 Å². The largest absolute Gasteiger partial charge is 0.456 e. The summed E-state index contributed by atoms with van der Waals surface area (Å²) in [6, 6.07) is 50.3. The van der Waals surface area contributed by atoms with Gasteiger partial charge in [0, 0.05) is 0 Å². The number of benzene rings is 8. The summed E-state index contributed by atoms with van der Waals surface area (Å²) in [5, 5.41) is 10.7. The fourth-order valence-electron chi connectivity index (χ4n) is 6.78. The third kappa shape index (κ3) is 3.63. The predicted octanol–water partition coefficient (Wildman–Crippen LogP) is 10.9. The molecular formula is C41H24O2. The molecule has 2 heteroatoms. The van der Waals surface area contributed by atoms with Crippen molar-refractivity contribution in [2.75, 3.05) is 0 Å². The van der Waals surface area contributed by atoms with Gasteiger partial charge in [0.15, 0.2) is 0 Å². The van der Waals surface area contributed by atoms with E-state index in [-0.39, 0.29) is 5.43 Å². The summed E-state index contributed by atoms with van der Waals surface area (Å²) in [7, 11) is 0. The van der Waals surface area contributed by atoms with Crippen LogP contribution in [0.2, 0.25) is 0 Å². The van der Waals surface area contributed by atoms with Gasteiger partial charge in [-0.3, -0.25) is 4.79 Å². The Morgan fingerprint density at radius 1 is 0.349 bits per heavy atom. The first-order chi connectivity index (χ1) is 21.2. The first-order valence-corrected chi connectivity index (χ1v) is 14.6. The topological polar surface area (TPSA) is 30.2 Å². The molecule has 0 amide bonds. The molecule has 9 rings (SSSR count). The van der Waals surface area contributed by atoms with Gasteiger partial charge in [0.25, 0.3) is 0 Å². The lowest BCUT2D eigenvalue weighted by atomic mass is 9.92. The Balaban J connectivity index is 1.28. The van der Waals surface area contributed by atoms with Gasteiger partial charge in [0.05, 0.1) is 10.8 Å². The molecule has 0 saturated carbocycles. The minimum absolute atomic E-state index is 0.0184. The summed E-state index contributed by atoms with van der Waals surface area (Å²) in [6.45, 7) is 0. The molecule has 0 N–H and O–H groups in total. The SMILES string of the molecule is O=c1c2cc(-c3cc4ccccc4c4ccccc34)ccc2oc2ccc(-c3cc4ccccc4c4ccccc34)cc12. The quantitative estimate of drug-likeness (QED) is 0.159. The van der Waals surface area contributed by atoms with E-state index in [4.69, 9.17) is 4.42 Å². The van der Waals surface area contributed by atoms with E-state index in [0.717, 1.165) is 33.0 Å². The molecule has 0 aliphatic carbocycles. The molecule has 0 saturated heterocycles. The van der Waals surface area contributed by atoms with Gasteiger partial charge in [-0.2, -0.15) is 0 Å². The second kappa shape index (κ2) is 9.14. The lowest BCUT2D eigenvalue weighted by Crippen LogP contribution is -2.02. The Labute approximate surface area is 247 Å². The van der Waals surface area contributed by atoms with Crippen LogP contribution in [0.15, 0.2) is 155 Å². The van der Waals surface area contributed by atoms with E-state index in [2.05, 4.69) is 121 Å². The minimum Gasteiger partial charge on any atom is -0.456 e. The third-order valence-electron chi connectivity index (χ3n) is 8.83. The highest BCUT2D eigenvalue weighted by molar-refractivity contribution is 6.15. The fraction of sp³-hybridized carbons (Fsp3) is 0. The summed E-state index contributed by atoms with van der Waals surface area (Å²) in [5.41, 5.74) is 5.37. The van der Waals surface area contributed by atoms with Gasteiger partial charge < -0.3 is 4.42 Å². The molecular weight excluding hydrogens is 524 g/mol. The number of hydrogen-bond donors (Lipinski definition) is 0. The van der Waals surface area contributed by atoms with Crippen molar-refractivity contribution in [1.29, 1.82) is 0 Å². The average molecular weight is 549 g/mol. The smallest absolute Gasteiger partial charge is 0.200 e. The van der Waals surface area contributed by atoms with Crippen molar-refractivity contribution in [3.63, 3.8) is 0 Å². The Kier molecular flexibility index (Phi) is 5.08. The summed E-state index contributed by atoms with van der Waals surface area (Å²) < 4.78 is 6.32. The van der Waals surface area contributed by atoms with E-state index in [1.54, 1.807) is 0 Å². The van der Waals surface area contributed by atoms with E-state index < -0.39 is 0 Å². The van der Waals surface area contributed by atoms with Gasteiger partial charge >= 0.3 is 0 Å². The van der Waals surface area contributed by atoms with Crippen LogP contribution in [0.1, 0.15) is 0 Å². The zero-order chi connectivity index (χ0) is 28.5. The minimum atomic E-state index is -0.0184. The summed E-state index contributed by atoms with van der Waals surface area (Å²) in [6.07, 6.45) is 0. The summed E-state index contributed by atoms with van der Waals surface area (Å²) >= 11 is 0. The van der Waals surface area contributed by atoms with Crippen LogP contribution in [0.3, 0.4) is 0 Å². The van der Waals surface area contributed by atoms with Gasteiger partial charge in [-0.05, 0) is 102 Å². The Bertz CT molecular complexity index is 2460. The van der Waals surface area contributed by atoms with Gasteiger partial charge in [-0.25, -0.2) is 0 Å². The zero-order valence-corrected chi connectivity index (χ0v) is 23.2. The molecule has 0 aliphatic heterocycles. The van der Waals surface area contributed by atoms with Crippen LogP contribution in [0.4, 0.5) is 0 Å². The molecule has 8 aromatic carbocycles. The van der Waals surface area contributed by atoms with Crippen LogP contribution >= 0.6 is 0 Å². The maximum atomic E-state index is 14.1. The van der Waals surface area contributed by atoms with Crippen molar-refractivity contribution < 1.29 is 4.42 Å². The maximum Gasteiger partial charge on any atom is 0.200 e. The van der Waals surface area contributed by atoms with Crippen molar-refractivity contribution in [1.82, 2.24) is 0 Å². The maximum absolute atomic E-state index is 14.1. The Morgan fingerprint density at radius 2 is 0.744 bits per heavy atom. The highest BCUT2D eigenvalue weighted by Gasteiger charge is 2.15. The molecule has 1 aromatic heterocycles. The van der Waals surface area contributed by atoms with Gasteiger partial charge in [0.1, 0.15) is 11.2 Å². The first kappa shape index (κ1) is 23.9. The zero-order valence-electron chi connectivity index (χ0n) is 23.2. The van der Waals surface area contributed by atoms with Gasteiger partial charge in [0.2, 0.25) is 5.43 Å². The first-order valence-electron chi connectivity index (χ1n) is 14.6. The van der Waals surface area contributed by atoms with Crippen LogP contribution < -0.4 is 5.43 Å². The number of rotatable bonds is 2. The summed E-state index contributed by atoms with van der Waals surface area (Å²) in [4.78, 5) is 14.1. The molecule has 43 heavy (non-hydrogen) atoms. The van der Waals surface area contributed by atoms with E-state index >= 15 is 0 Å². The van der Waals surface area contributed by atoms with E-state index in [0.29, 0.717) is 21.9 Å². The number of fused-ring (bicyclic) bond motifs is 8. The molecule has 0 aliphatic rings. The van der Waals surface area contributed by atoms with E-state index in [1.165, 1.54) is 32.3 Å². The van der Waals surface area contributed by atoms with Gasteiger partial charge in [-0.15, -0.1) is 0 Å². The highest BCUT2D eigenvalue weighted by Crippen LogP contribution is 2.38. The molecule has 9 aromatic rings. The van der Waals surface area contributed by atoms with Crippen LogP contribution in [0, 0.1) is 0 Å². The average Bonchev–Trinajstić information content (AvgIpc) is 3.07. The normalized spacial score (nSPS) is 11.8. The fourth-order valence-corrected chi connectivity index (χ4v) is 6.78. The van der Waals surface area contributed by atoms with Crippen molar-refractivity contribution >= 4 is 65.0 Å². The Morgan fingerprint density at radius 3 is 1.21 bits per heavy atom. The predicted molar refractivity (Wildman–Crippen MR) is 181 cm³/mol. The molecule has 0 fully saturated rings. The van der Waals surface area contributed by atoms with E-state index in [1.807, 2.05) is 24.3 Å². The van der Waals surface area contributed by atoms with Gasteiger partial charge in [-0.1, -0.05) is 109 Å². The van der Waals surface area contributed by atoms with Crippen molar-refractivity contribution in [3.05, 3.63) is 156 Å². The lowest BCUT2D eigenvalue weighted by molar-refractivity contribution is 0.660.